The molecule has 2 unspecified atom stereocenters. The minimum atomic E-state index is -2.93. The fraction of sp³-hybridized carbons (Fsp3) is 0.370. The van der Waals surface area contributed by atoms with Gasteiger partial charge in [0.2, 0.25) is 0 Å². The summed E-state index contributed by atoms with van der Waals surface area (Å²) in [6.45, 7) is -0.0896. The van der Waals surface area contributed by atoms with Crippen molar-refractivity contribution in [2.24, 2.45) is 20.9 Å². The molecule has 2 aromatic rings. The van der Waals surface area contributed by atoms with Gasteiger partial charge in [-0.05, 0) is 61.0 Å². The Bertz CT molecular complexity index is 1240. The summed E-state index contributed by atoms with van der Waals surface area (Å²) in [6.07, 6.45) is 7.68. The van der Waals surface area contributed by atoms with Gasteiger partial charge in [0.1, 0.15) is 11.6 Å². The van der Waals surface area contributed by atoms with Crippen LogP contribution in [0.25, 0.3) is 0 Å². The molecule has 0 spiro atoms. The molecule has 1 aliphatic heterocycles. The molecule has 3 rings (SSSR count). The van der Waals surface area contributed by atoms with Crippen molar-refractivity contribution in [3.05, 3.63) is 64.1 Å². The van der Waals surface area contributed by atoms with E-state index in [1.165, 1.54) is 12.1 Å². The highest BCUT2D eigenvalue weighted by Crippen LogP contribution is 2.31. The van der Waals surface area contributed by atoms with Gasteiger partial charge in [-0.2, -0.15) is 14.0 Å². The molecule has 10 heteroatoms. The molecule has 0 aliphatic carbocycles. The van der Waals surface area contributed by atoms with E-state index in [4.69, 9.17) is 28.2 Å². The number of nitrogens with zero attached hydrogens (tertiary/aromatic N) is 4. The van der Waals surface area contributed by atoms with Gasteiger partial charge in [0, 0.05) is 24.9 Å². The van der Waals surface area contributed by atoms with E-state index in [0.717, 1.165) is 37.1 Å². The Balaban J connectivity index is 1.78. The number of halogens is 4. The summed E-state index contributed by atoms with van der Waals surface area (Å²) in [6, 6.07) is 11.4. The van der Waals surface area contributed by atoms with Crippen LogP contribution in [0.3, 0.4) is 0 Å². The fourth-order valence-electron chi connectivity index (χ4n) is 3.87. The van der Waals surface area contributed by atoms with E-state index in [-0.39, 0.29) is 17.7 Å². The maximum atomic E-state index is 12.5. The van der Waals surface area contributed by atoms with Gasteiger partial charge in [0.05, 0.1) is 27.5 Å². The lowest BCUT2D eigenvalue weighted by Gasteiger charge is -2.10. The van der Waals surface area contributed by atoms with Gasteiger partial charge in [-0.25, -0.2) is 9.98 Å². The van der Waals surface area contributed by atoms with E-state index in [0.29, 0.717) is 34.4 Å². The van der Waals surface area contributed by atoms with Crippen LogP contribution >= 0.6 is 23.2 Å². The van der Waals surface area contributed by atoms with Crippen molar-refractivity contribution in [2.45, 2.75) is 51.7 Å². The SMILES string of the molecule is CCCCN=C=CC1CC(CCC(=Nc2cccc(OC(F)F)c2)NC#N)N=C1c1ccc(Cl)c(Cl)c1. The summed E-state index contributed by atoms with van der Waals surface area (Å²) >= 11 is 12.4. The number of hydrogen-bond donors (Lipinski definition) is 1. The van der Waals surface area contributed by atoms with Crippen molar-refractivity contribution in [1.82, 2.24) is 5.32 Å². The van der Waals surface area contributed by atoms with Crippen molar-refractivity contribution in [2.75, 3.05) is 6.54 Å². The van der Waals surface area contributed by atoms with Gasteiger partial charge in [-0.1, -0.05) is 48.7 Å². The zero-order valence-corrected chi connectivity index (χ0v) is 21.8. The summed E-state index contributed by atoms with van der Waals surface area (Å²) in [5, 5.41) is 12.7. The average molecular weight is 546 g/mol. The van der Waals surface area contributed by atoms with Crippen molar-refractivity contribution in [1.29, 1.82) is 5.26 Å². The zero-order valence-electron chi connectivity index (χ0n) is 20.3. The minimum Gasteiger partial charge on any atom is -0.435 e. The first kappa shape index (κ1) is 28.3. The number of amidine groups is 1. The molecule has 2 aromatic carbocycles. The van der Waals surface area contributed by atoms with E-state index < -0.39 is 6.61 Å². The van der Waals surface area contributed by atoms with Crippen LogP contribution < -0.4 is 10.1 Å². The smallest absolute Gasteiger partial charge is 0.387 e. The minimum absolute atomic E-state index is 0.000103. The topological polar surface area (TPSA) is 82.1 Å². The number of allylic oxidation sites excluding steroid dienone is 1. The largest absolute Gasteiger partial charge is 0.435 e. The lowest BCUT2D eigenvalue weighted by molar-refractivity contribution is -0.0498. The fourth-order valence-corrected chi connectivity index (χ4v) is 4.17. The third-order valence-electron chi connectivity index (χ3n) is 5.63. The van der Waals surface area contributed by atoms with Crippen LogP contribution in [0.2, 0.25) is 10.0 Å². The third-order valence-corrected chi connectivity index (χ3v) is 6.37. The Morgan fingerprint density at radius 1 is 1.27 bits per heavy atom. The number of aliphatic imine (C=N–C) groups is 3. The molecule has 1 N–H and O–H groups in total. The van der Waals surface area contributed by atoms with Crippen LogP contribution in [0.1, 0.15) is 44.6 Å². The maximum absolute atomic E-state index is 12.5. The number of ether oxygens (including phenoxy) is 1. The first-order valence-electron chi connectivity index (χ1n) is 12.0. The highest BCUT2D eigenvalue weighted by Gasteiger charge is 2.28. The molecular weight excluding hydrogens is 519 g/mol. The van der Waals surface area contributed by atoms with E-state index in [2.05, 4.69) is 32.8 Å². The van der Waals surface area contributed by atoms with Gasteiger partial charge < -0.3 is 4.74 Å². The van der Waals surface area contributed by atoms with Crippen LogP contribution in [0.5, 0.6) is 5.75 Å². The first-order valence-corrected chi connectivity index (χ1v) is 12.7. The predicted molar refractivity (Wildman–Crippen MR) is 145 cm³/mol. The molecule has 0 fully saturated rings. The Morgan fingerprint density at radius 3 is 2.84 bits per heavy atom. The standard InChI is InChI=1S/C27H27Cl2F2N5O/c1-2-3-12-33-13-11-19-14-21(36-26(19)18-7-9-23(28)24(29)15-18)8-10-25(34-17-32)35-20-5-4-6-22(16-20)37-27(30)31/h4-7,9,11,15-16,19,21,27H,2-3,8,10,12,14H2,1H3,(H,34,35). The second-order valence-electron chi connectivity index (χ2n) is 8.38. The number of rotatable bonds is 11. The van der Waals surface area contributed by atoms with Crippen LogP contribution in [-0.2, 0) is 0 Å². The maximum Gasteiger partial charge on any atom is 0.387 e. The molecule has 1 aliphatic rings. The number of unbranched alkanes of at least 4 members (excludes halogenated alkanes) is 1. The second kappa shape index (κ2) is 14.5. The lowest BCUT2D eigenvalue weighted by Crippen LogP contribution is -2.19. The van der Waals surface area contributed by atoms with Crippen molar-refractivity contribution in [3.63, 3.8) is 0 Å². The molecule has 6 nitrogen and oxygen atoms in total. The molecule has 0 aromatic heterocycles. The third kappa shape index (κ3) is 8.98. The highest BCUT2D eigenvalue weighted by atomic mass is 35.5. The van der Waals surface area contributed by atoms with Crippen molar-refractivity contribution in [3.8, 4) is 11.9 Å². The van der Waals surface area contributed by atoms with Crippen LogP contribution in [0, 0.1) is 17.4 Å². The van der Waals surface area contributed by atoms with E-state index >= 15 is 0 Å². The van der Waals surface area contributed by atoms with Crippen molar-refractivity contribution < 1.29 is 13.5 Å². The summed E-state index contributed by atoms with van der Waals surface area (Å²) in [5.41, 5.74) is 2.16. The normalized spacial score (nSPS) is 17.1. The molecule has 0 bridgehead atoms. The van der Waals surface area contributed by atoms with E-state index in [9.17, 15) is 14.0 Å². The molecule has 0 saturated carbocycles. The number of nitrogens with one attached hydrogen (secondary N) is 1. The monoisotopic (exact) mass is 545 g/mol. The average Bonchev–Trinajstić information content (AvgIpc) is 3.27. The predicted octanol–water partition coefficient (Wildman–Crippen LogP) is 7.38. The number of hydrogen-bond acceptors (Lipinski definition) is 5. The van der Waals surface area contributed by atoms with Crippen LogP contribution in [0.15, 0.2) is 63.5 Å². The van der Waals surface area contributed by atoms with Gasteiger partial charge in [-0.15, -0.1) is 0 Å². The highest BCUT2D eigenvalue weighted by molar-refractivity contribution is 6.42. The Hall–Kier alpha value is -3.24. The van der Waals surface area contributed by atoms with Gasteiger partial charge in [0.25, 0.3) is 0 Å². The van der Waals surface area contributed by atoms with Crippen molar-refractivity contribution >= 4 is 46.3 Å². The molecule has 0 radical (unpaired) electrons. The Labute approximate surface area is 225 Å². The number of benzene rings is 2. The lowest BCUT2D eigenvalue weighted by atomic mass is 9.93. The van der Waals surface area contributed by atoms with Crippen LogP contribution in [0.4, 0.5) is 14.5 Å². The van der Waals surface area contributed by atoms with Crippen LogP contribution in [-0.4, -0.2) is 36.6 Å². The summed E-state index contributed by atoms with van der Waals surface area (Å²) in [5.74, 6) is 3.46. The molecule has 0 amide bonds. The number of alkyl halides is 2. The first-order chi connectivity index (χ1) is 17.9. The van der Waals surface area contributed by atoms with Gasteiger partial charge >= 0.3 is 6.61 Å². The summed E-state index contributed by atoms with van der Waals surface area (Å²) < 4.78 is 29.5. The Kier molecular flexibility index (Phi) is 11.1. The van der Waals surface area contributed by atoms with E-state index in [1.807, 2.05) is 18.3 Å². The molecule has 2 atom stereocenters. The molecule has 194 valence electrons. The quantitative estimate of drug-likeness (QED) is 0.105. The Morgan fingerprint density at radius 2 is 2.11 bits per heavy atom. The number of nitriles is 1. The summed E-state index contributed by atoms with van der Waals surface area (Å²) in [4.78, 5) is 13.7. The summed E-state index contributed by atoms with van der Waals surface area (Å²) in [7, 11) is 0. The second-order valence-corrected chi connectivity index (χ2v) is 9.19. The molecular formula is C27H27Cl2F2N5O. The molecule has 37 heavy (non-hydrogen) atoms. The van der Waals surface area contributed by atoms with Gasteiger partial charge in [-0.3, -0.25) is 10.3 Å². The van der Waals surface area contributed by atoms with Gasteiger partial charge in [0.15, 0.2) is 6.19 Å². The molecule has 1 heterocycles. The van der Waals surface area contributed by atoms with E-state index in [1.54, 1.807) is 24.3 Å². The zero-order chi connectivity index (χ0) is 26.6. The molecule has 0 saturated heterocycles.